The largest absolute Gasteiger partial charge is 0.490 e. The minimum Gasteiger partial charge on any atom is -0.490 e. The van der Waals surface area contributed by atoms with Crippen LogP contribution in [0.25, 0.3) is 0 Å². The van der Waals surface area contributed by atoms with Crippen molar-refractivity contribution in [3.8, 4) is 11.5 Å². The van der Waals surface area contributed by atoms with Crippen molar-refractivity contribution in [2.24, 2.45) is 0 Å². The Labute approximate surface area is 120 Å². The molecule has 1 aromatic heterocycles. The highest BCUT2D eigenvalue weighted by atomic mass is 16.5. The van der Waals surface area contributed by atoms with E-state index in [1.807, 2.05) is 18.2 Å². The van der Waals surface area contributed by atoms with Gasteiger partial charge in [-0.3, -0.25) is 0 Å². The van der Waals surface area contributed by atoms with Gasteiger partial charge in [0.1, 0.15) is 5.82 Å². The molecular formula is C14H13N3O4. The number of nitrogens with one attached hydrogen (secondary N) is 1. The van der Waals surface area contributed by atoms with E-state index in [9.17, 15) is 4.79 Å². The second-order valence-electron chi connectivity index (χ2n) is 4.43. The van der Waals surface area contributed by atoms with E-state index >= 15 is 0 Å². The highest BCUT2D eigenvalue weighted by Crippen LogP contribution is 2.32. The van der Waals surface area contributed by atoms with Crippen molar-refractivity contribution in [3.63, 3.8) is 0 Å². The Morgan fingerprint density at radius 2 is 1.95 bits per heavy atom. The molecule has 0 aliphatic carbocycles. The predicted molar refractivity (Wildman–Crippen MR) is 74.3 cm³/mol. The van der Waals surface area contributed by atoms with Gasteiger partial charge in [-0.1, -0.05) is 0 Å². The lowest BCUT2D eigenvalue weighted by atomic mass is 10.2. The van der Waals surface area contributed by atoms with Gasteiger partial charge in [-0.2, -0.15) is 0 Å². The summed E-state index contributed by atoms with van der Waals surface area (Å²) in [6, 6.07) is 5.47. The fraction of sp³-hybridized carbons (Fsp3) is 0.214. The van der Waals surface area contributed by atoms with E-state index in [1.165, 1.54) is 12.4 Å². The summed E-state index contributed by atoms with van der Waals surface area (Å²) < 4.78 is 11.1. The number of carboxylic acid groups (broad SMARTS) is 1. The van der Waals surface area contributed by atoms with E-state index in [2.05, 4.69) is 15.3 Å². The molecule has 0 saturated carbocycles. The molecule has 0 saturated heterocycles. The predicted octanol–water partition coefficient (Wildman–Crippen LogP) is 2.08. The summed E-state index contributed by atoms with van der Waals surface area (Å²) in [6.07, 6.45) is 3.42. The summed E-state index contributed by atoms with van der Waals surface area (Å²) in [6.45, 7) is 1.26. The van der Waals surface area contributed by atoms with Gasteiger partial charge in [0, 0.05) is 18.2 Å². The van der Waals surface area contributed by atoms with Gasteiger partial charge in [-0.25, -0.2) is 14.8 Å². The van der Waals surface area contributed by atoms with E-state index in [0.29, 0.717) is 30.5 Å². The summed E-state index contributed by atoms with van der Waals surface area (Å²) in [5, 5.41) is 11.8. The van der Waals surface area contributed by atoms with Gasteiger partial charge < -0.3 is 19.9 Å². The molecule has 1 aromatic carbocycles. The van der Waals surface area contributed by atoms with Crippen LogP contribution in [0.4, 0.5) is 11.5 Å². The monoisotopic (exact) mass is 287 g/mol. The number of hydrogen-bond acceptors (Lipinski definition) is 6. The average Bonchev–Trinajstić information content (AvgIpc) is 2.72. The third-order valence-corrected chi connectivity index (χ3v) is 2.89. The van der Waals surface area contributed by atoms with Crippen LogP contribution < -0.4 is 14.8 Å². The minimum absolute atomic E-state index is 0.0980. The molecule has 21 heavy (non-hydrogen) atoms. The molecule has 0 bridgehead atoms. The number of fused-ring (bicyclic) bond motifs is 1. The SMILES string of the molecule is O=C(O)c1cnc(Nc2ccc3c(c2)OCCCO3)cn1. The molecule has 2 heterocycles. The quantitative estimate of drug-likeness (QED) is 0.892. The minimum atomic E-state index is -1.11. The number of carboxylic acids is 1. The summed E-state index contributed by atoms with van der Waals surface area (Å²) in [4.78, 5) is 18.5. The van der Waals surface area contributed by atoms with E-state index in [0.717, 1.165) is 12.1 Å². The first-order valence-electron chi connectivity index (χ1n) is 6.44. The standard InChI is InChI=1S/C14H13N3O4/c18-14(19)10-7-16-13(8-15-10)17-9-2-3-11-12(6-9)21-5-1-4-20-11/h2-3,6-8H,1,4-5H2,(H,16,17)(H,18,19). The summed E-state index contributed by atoms with van der Waals surface area (Å²) in [5.41, 5.74) is 0.663. The van der Waals surface area contributed by atoms with Gasteiger partial charge >= 0.3 is 5.97 Å². The highest BCUT2D eigenvalue weighted by molar-refractivity contribution is 5.85. The fourth-order valence-corrected chi connectivity index (χ4v) is 1.89. The van der Waals surface area contributed by atoms with Gasteiger partial charge in [0.05, 0.1) is 25.6 Å². The number of aromatic nitrogens is 2. The van der Waals surface area contributed by atoms with E-state index < -0.39 is 5.97 Å². The molecule has 1 aliphatic heterocycles. The first-order chi connectivity index (χ1) is 10.2. The molecule has 108 valence electrons. The van der Waals surface area contributed by atoms with Gasteiger partial charge in [0.15, 0.2) is 17.2 Å². The second-order valence-corrected chi connectivity index (χ2v) is 4.43. The lowest BCUT2D eigenvalue weighted by Gasteiger charge is -2.10. The fourth-order valence-electron chi connectivity index (χ4n) is 1.89. The molecule has 1 aliphatic rings. The highest BCUT2D eigenvalue weighted by Gasteiger charge is 2.11. The zero-order chi connectivity index (χ0) is 14.7. The molecule has 7 nitrogen and oxygen atoms in total. The maximum Gasteiger partial charge on any atom is 0.356 e. The first-order valence-corrected chi connectivity index (χ1v) is 6.44. The van der Waals surface area contributed by atoms with Crippen LogP contribution in [0.5, 0.6) is 11.5 Å². The third kappa shape index (κ3) is 3.02. The van der Waals surface area contributed by atoms with Gasteiger partial charge in [-0.15, -0.1) is 0 Å². The van der Waals surface area contributed by atoms with Crippen molar-refractivity contribution in [2.45, 2.75) is 6.42 Å². The zero-order valence-electron chi connectivity index (χ0n) is 11.1. The van der Waals surface area contributed by atoms with Gasteiger partial charge in [0.2, 0.25) is 0 Å². The number of benzene rings is 1. The molecule has 0 amide bonds. The Balaban J connectivity index is 1.78. The number of ether oxygens (including phenoxy) is 2. The summed E-state index contributed by atoms with van der Waals surface area (Å²) in [7, 11) is 0. The van der Waals surface area contributed by atoms with Gasteiger partial charge in [0.25, 0.3) is 0 Å². The Morgan fingerprint density at radius 1 is 1.14 bits per heavy atom. The Kier molecular flexibility index (Phi) is 3.55. The molecule has 7 heteroatoms. The van der Waals surface area contributed by atoms with Crippen LogP contribution in [0.2, 0.25) is 0 Å². The normalized spacial score (nSPS) is 13.3. The number of carbonyl (C=O) groups is 1. The van der Waals surface area contributed by atoms with Crippen LogP contribution in [0.15, 0.2) is 30.6 Å². The van der Waals surface area contributed by atoms with Crippen molar-refractivity contribution < 1.29 is 19.4 Å². The molecule has 2 N–H and O–H groups in total. The number of anilines is 2. The molecule has 0 radical (unpaired) electrons. The lowest BCUT2D eigenvalue weighted by Crippen LogP contribution is -2.02. The van der Waals surface area contributed by atoms with Crippen molar-refractivity contribution >= 4 is 17.5 Å². The number of aromatic carboxylic acids is 1. The molecular weight excluding hydrogens is 274 g/mol. The van der Waals surface area contributed by atoms with E-state index in [-0.39, 0.29) is 5.69 Å². The molecule has 2 aromatic rings. The lowest BCUT2D eigenvalue weighted by molar-refractivity contribution is 0.0690. The molecule has 3 rings (SSSR count). The number of nitrogens with zero attached hydrogens (tertiary/aromatic N) is 2. The maximum absolute atomic E-state index is 10.7. The summed E-state index contributed by atoms with van der Waals surface area (Å²) >= 11 is 0. The Bertz CT molecular complexity index is 658. The Hall–Kier alpha value is -2.83. The van der Waals surface area contributed by atoms with Crippen molar-refractivity contribution in [1.82, 2.24) is 9.97 Å². The van der Waals surface area contributed by atoms with Crippen molar-refractivity contribution in [2.75, 3.05) is 18.5 Å². The third-order valence-electron chi connectivity index (χ3n) is 2.89. The number of rotatable bonds is 3. The van der Waals surface area contributed by atoms with Crippen molar-refractivity contribution in [1.29, 1.82) is 0 Å². The summed E-state index contributed by atoms with van der Waals surface area (Å²) in [5.74, 6) is 0.733. The molecule has 0 atom stereocenters. The van der Waals surface area contributed by atoms with Crippen LogP contribution in [0.3, 0.4) is 0 Å². The van der Waals surface area contributed by atoms with Crippen LogP contribution in [0, 0.1) is 0 Å². The number of hydrogen-bond donors (Lipinski definition) is 2. The van der Waals surface area contributed by atoms with E-state index in [4.69, 9.17) is 14.6 Å². The van der Waals surface area contributed by atoms with Crippen LogP contribution in [-0.4, -0.2) is 34.3 Å². The van der Waals surface area contributed by atoms with Crippen molar-refractivity contribution in [3.05, 3.63) is 36.3 Å². The first kappa shape index (κ1) is 13.2. The molecule has 0 unspecified atom stereocenters. The molecule has 0 fully saturated rings. The van der Waals surface area contributed by atoms with E-state index in [1.54, 1.807) is 0 Å². The van der Waals surface area contributed by atoms with Gasteiger partial charge in [-0.05, 0) is 12.1 Å². The van der Waals surface area contributed by atoms with Crippen LogP contribution in [0.1, 0.15) is 16.9 Å². The molecule has 0 spiro atoms. The zero-order valence-corrected chi connectivity index (χ0v) is 11.1. The van der Waals surface area contributed by atoms with Crippen LogP contribution in [-0.2, 0) is 0 Å². The Morgan fingerprint density at radius 3 is 2.67 bits per heavy atom. The maximum atomic E-state index is 10.7. The average molecular weight is 287 g/mol. The smallest absolute Gasteiger partial charge is 0.356 e. The second kappa shape index (κ2) is 5.66. The van der Waals surface area contributed by atoms with Crippen LogP contribution >= 0.6 is 0 Å². The topological polar surface area (TPSA) is 93.6 Å².